The maximum atomic E-state index is 13.0. The molecular formula is C25H24Cl2N2OS2. The third kappa shape index (κ3) is 4.62. The van der Waals surface area contributed by atoms with E-state index in [0.717, 1.165) is 22.9 Å². The molecule has 0 aliphatic carbocycles. The lowest BCUT2D eigenvalue weighted by Crippen LogP contribution is -2.31. The third-order valence-electron chi connectivity index (χ3n) is 5.44. The molecule has 0 saturated carbocycles. The molecule has 166 valence electrons. The van der Waals surface area contributed by atoms with Crippen LogP contribution in [0, 0.1) is 5.92 Å². The Kier molecular flexibility index (Phi) is 7.01. The van der Waals surface area contributed by atoms with Gasteiger partial charge in [0, 0.05) is 30.2 Å². The van der Waals surface area contributed by atoms with Gasteiger partial charge in [0.1, 0.15) is 4.32 Å². The fourth-order valence-electron chi connectivity index (χ4n) is 3.99. The SMILES string of the molecule is CCc1cccc2c(/C=C3\SC(=S)N(CC(C)C)C3=O)cn(Cc3ccc(Cl)c(Cl)c3)c12. The van der Waals surface area contributed by atoms with Crippen LogP contribution in [-0.4, -0.2) is 26.2 Å². The number of aryl methyl sites for hydroxylation is 1. The Bertz CT molecular complexity index is 1250. The van der Waals surface area contributed by atoms with Crippen molar-refractivity contribution >= 4 is 74.4 Å². The van der Waals surface area contributed by atoms with Crippen LogP contribution in [0.4, 0.5) is 0 Å². The minimum atomic E-state index is -0.00858. The molecule has 3 aromatic rings. The zero-order chi connectivity index (χ0) is 23.0. The Labute approximate surface area is 208 Å². The number of thioether (sulfide) groups is 1. The largest absolute Gasteiger partial charge is 0.342 e. The minimum Gasteiger partial charge on any atom is -0.342 e. The molecule has 0 atom stereocenters. The summed E-state index contributed by atoms with van der Waals surface area (Å²) in [6, 6.07) is 12.1. The normalized spacial score (nSPS) is 15.7. The Balaban J connectivity index is 1.78. The highest BCUT2D eigenvalue weighted by molar-refractivity contribution is 8.26. The fourth-order valence-corrected chi connectivity index (χ4v) is 5.58. The van der Waals surface area contributed by atoms with E-state index in [-0.39, 0.29) is 5.91 Å². The molecule has 7 heteroatoms. The zero-order valence-electron chi connectivity index (χ0n) is 18.2. The van der Waals surface area contributed by atoms with Crippen LogP contribution in [-0.2, 0) is 17.8 Å². The number of aromatic nitrogens is 1. The van der Waals surface area contributed by atoms with Gasteiger partial charge in [0.15, 0.2) is 0 Å². The van der Waals surface area contributed by atoms with Crippen LogP contribution in [0.25, 0.3) is 17.0 Å². The monoisotopic (exact) mass is 502 g/mol. The molecule has 1 amide bonds. The second-order valence-electron chi connectivity index (χ2n) is 8.31. The molecule has 3 nitrogen and oxygen atoms in total. The molecule has 32 heavy (non-hydrogen) atoms. The number of hydrogen-bond donors (Lipinski definition) is 0. The highest BCUT2D eigenvalue weighted by Gasteiger charge is 2.32. The van der Waals surface area contributed by atoms with E-state index in [0.29, 0.717) is 38.3 Å². The van der Waals surface area contributed by atoms with E-state index in [9.17, 15) is 4.79 Å². The van der Waals surface area contributed by atoms with Gasteiger partial charge in [0.25, 0.3) is 5.91 Å². The van der Waals surface area contributed by atoms with Crippen molar-refractivity contribution in [3.63, 3.8) is 0 Å². The molecular weight excluding hydrogens is 479 g/mol. The Morgan fingerprint density at radius 2 is 1.94 bits per heavy atom. The molecule has 0 N–H and O–H groups in total. The maximum absolute atomic E-state index is 13.0. The van der Waals surface area contributed by atoms with Gasteiger partial charge < -0.3 is 4.57 Å². The van der Waals surface area contributed by atoms with Gasteiger partial charge in [-0.2, -0.15) is 0 Å². The highest BCUT2D eigenvalue weighted by atomic mass is 35.5. The minimum absolute atomic E-state index is 0.00858. The first-order chi connectivity index (χ1) is 15.3. The molecule has 4 rings (SSSR count). The van der Waals surface area contributed by atoms with E-state index < -0.39 is 0 Å². The quantitative estimate of drug-likeness (QED) is 0.259. The smallest absolute Gasteiger partial charge is 0.266 e. The average molecular weight is 504 g/mol. The van der Waals surface area contributed by atoms with Gasteiger partial charge in [-0.05, 0) is 41.7 Å². The number of fused-ring (bicyclic) bond motifs is 1. The fraction of sp³-hybridized carbons (Fsp3) is 0.280. The van der Waals surface area contributed by atoms with Crippen LogP contribution in [0.3, 0.4) is 0 Å². The first-order valence-corrected chi connectivity index (χ1v) is 12.6. The molecule has 2 aromatic carbocycles. The molecule has 1 aromatic heterocycles. The van der Waals surface area contributed by atoms with Gasteiger partial charge in [-0.15, -0.1) is 0 Å². The van der Waals surface area contributed by atoms with Gasteiger partial charge in [-0.1, -0.05) is 92.2 Å². The second kappa shape index (κ2) is 9.60. The van der Waals surface area contributed by atoms with E-state index in [1.54, 1.807) is 4.90 Å². The first-order valence-electron chi connectivity index (χ1n) is 10.6. The van der Waals surface area contributed by atoms with E-state index >= 15 is 0 Å². The maximum Gasteiger partial charge on any atom is 0.266 e. The number of para-hydroxylation sites is 1. The predicted molar refractivity (Wildman–Crippen MR) is 142 cm³/mol. The Morgan fingerprint density at radius 1 is 1.16 bits per heavy atom. The van der Waals surface area contributed by atoms with Crippen molar-refractivity contribution in [2.24, 2.45) is 5.92 Å². The summed E-state index contributed by atoms with van der Waals surface area (Å²) >= 11 is 19.2. The van der Waals surface area contributed by atoms with Crippen molar-refractivity contribution in [2.45, 2.75) is 33.7 Å². The van der Waals surface area contributed by atoms with Crippen LogP contribution < -0.4 is 0 Å². The number of benzene rings is 2. The molecule has 0 spiro atoms. The summed E-state index contributed by atoms with van der Waals surface area (Å²) in [4.78, 5) is 15.4. The number of amides is 1. The van der Waals surface area contributed by atoms with Crippen molar-refractivity contribution in [1.29, 1.82) is 0 Å². The topological polar surface area (TPSA) is 25.2 Å². The molecule has 1 saturated heterocycles. The zero-order valence-corrected chi connectivity index (χ0v) is 21.3. The van der Waals surface area contributed by atoms with E-state index in [4.69, 9.17) is 35.4 Å². The van der Waals surface area contributed by atoms with Crippen molar-refractivity contribution in [3.05, 3.63) is 74.2 Å². The van der Waals surface area contributed by atoms with Crippen LogP contribution in [0.2, 0.25) is 10.0 Å². The van der Waals surface area contributed by atoms with E-state index in [1.807, 2.05) is 24.3 Å². The summed E-state index contributed by atoms with van der Waals surface area (Å²) in [7, 11) is 0. The van der Waals surface area contributed by atoms with Crippen LogP contribution in [0.15, 0.2) is 47.5 Å². The van der Waals surface area contributed by atoms with Crippen LogP contribution >= 0.6 is 47.2 Å². The lowest BCUT2D eigenvalue weighted by molar-refractivity contribution is -0.122. The standard InChI is InChI=1S/C25H24Cl2N2OS2/c1-4-17-6-5-7-19-18(11-22-24(30)29(12-15(2)3)25(31)32-22)14-28(23(17)19)13-16-8-9-20(26)21(27)10-16/h5-11,14-15H,4,12-13H2,1-3H3/b22-11-. The Hall–Kier alpha value is -1.79. The van der Waals surface area contributed by atoms with E-state index in [1.165, 1.54) is 22.8 Å². The number of nitrogens with zero attached hydrogens (tertiary/aromatic N) is 2. The lowest BCUT2D eigenvalue weighted by Gasteiger charge is -2.16. The molecule has 1 aliphatic heterocycles. The van der Waals surface area contributed by atoms with Gasteiger partial charge in [-0.25, -0.2) is 0 Å². The summed E-state index contributed by atoms with van der Waals surface area (Å²) in [6.45, 7) is 7.63. The summed E-state index contributed by atoms with van der Waals surface area (Å²) in [5.41, 5.74) is 4.51. The lowest BCUT2D eigenvalue weighted by atomic mass is 10.1. The number of halogens is 2. The molecule has 0 unspecified atom stereocenters. The number of rotatable bonds is 6. The predicted octanol–water partition coefficient (Wildman–Crippen LogP) is 7.42. The Morgan fingerprint density at radius 3 is 2.62 bits per heavy atom. The van der Waals surface area contributed by atoms with Crippen molar-refractivity contribution < 1.29 is 4.79 Å². The number of thiocarbonyl (C=S) groups is 1. The van der Waals surface area contributed by atoms with Crippen molar-refractivity contribution in [2.75, 3.05) is 6.54 Å². The molecule has 0 bridgehead atoms. The highest BCUT2D eigenvalue weighted by Crippen LogP contribution is 2.36. The second-order valence-corrected chi connectivity index (χ2v) is 10.8. The first kappa shape index (κ1) is 23.4. The van der Waals surface area contributed by atoms with Crippen molar-refractivity contribution in [3.8, 4) is 0 Å². The summed E-state index contributed by atoms with van der Waals surface area (Å²) < 4.78 is 2.86. The number of hydrogen-bond acceptors (Lipinski definition) is 3. The number of carbonyl (C=O) groups is 1. The third-order valence-corrected chi connectivity index (χ3v) is 7.56. The molecule has 1 fully saturated rings. The van der Waals surface area contributed by atoms with Gasteiger partial charge in [-0.3, -0.25) is 9.69 Å². The van der Waals surface area contributed by atoms with Crippen molar-refractivity contribution in [1.82, 2.24) is 9.47 Å². The summed E-state index contributed by atoms with van der Waals surface area (Å²) in [5, 5.41) is 2.22. The number of carbonyl (C=O) groups excluding carboxylic acids is 1. The van der Waals surface area contributed by atoms with Crippen LogP contribution in [0.1, 0.15) is 37.5 Å². The van der Waals surface area contributed by atoms with Gasteiger partial charge in [0.2, 0.25) is 0 Å². The summed E-state index contributed by atoms with van der Waals surface area (Å²) in [5.74, 6) is 0.350. The summed E-state index contributed by atoms with van der Waals surface area (Å²) in [6.07, 6.45) is 5.01. The van der Waals surface area contributed by atoms with Gasteiger partial charge in [0.05, 0.1) is 20.5 Å². The van der Waals surface area contributed by atoms with E-state index in [2.05, 4.69) is 49.7 Å². The molecule has 1 aliphatic rings. The molecule has 2 heterocycles. The molecule has 0 radical (unpaired) electrons. The van der Waals surface area contributed by atoms with Gasteiger partial charge >= 0.3 is 0 Å². The van der Waals surface area contributed by atoms with Crippen LogP contribution in [0.5, 0.6) is 0 Å². The average Bonchev–Trinajstić information content (AvgIpc) is 3.22.